The number of rotatable bonds is 7. The van der Waals surface area contributed by atoms with Gasteiger partial charge in [-0.25, -0.2) is 0 Å². The maximum Gasteiger partial charge on any atom is 0.0542 e. The molecule has 64 heavy (non-hydrogen) atoms. The Labute approximate surface area is 370 Å². The summed E-state index contributed by atoms with van der Waals surface area (Å²) in [5, 5.41) is 7.37. The number of aromatic nitrogens is 3. The number of fused-ring (bicyclic) bond motifs is 9. The third-order valence-corrected chi connectivity index (χ3v) is 13.0. The molecular weight excluding hydrogens is 777 g/mol. The molecule has 0 spiro atoms. The molecule has 0 atom stereocenters. The van der Waals surface area contributed by atoms with Crippen molar-refractivity contribution in [2.45, 2.75) is 0 Å². The van der Waals surface area contributed by atoms with Crippen LogP contribution in [-0.4, -0.2) is 13.7 Å². The second-order valence-electron chi connectivity index (χ2n) is 16.6. The number of nitrogens with zero attached hydrogens (tertiary/aromatic N) is 4. The molecule has 0 unspecified atom stereocenters. The summed E-state index contributed by atoms with van der Waals surface area (Å²) in [6, 6.07) is 88.2. The molecule has 300 valence electrons. The van der Waals surface area contributed by atoms with Gasteiger partial charge < -0.3 is 18.6 Å². The molecule has 0 amide bonds. The Morgan fingerprint density at radius 1 is 0.219 bits per heavy atom. The van der Waals surface area contributed by atoms with Crippen molar-refractivity contribution in [3.63, 3.8) is 0 Å². The highest BCUT2D eigenvalue weighted by Crippen LogP contribution is 2.43. The third-order valence-electron chi connectivity index (χ3n) is 13.0. The lowest BCUT2D eigenvalue weighted by Gasteiger charge is -2.26. The molecule has 4 heteroatoms. The fraction of sp³-hybridized carbons (Fsp3) is 0. The molecule has 3 heterocycles. The van der Waals surface area contributed by atoms with Gasteiger partial charge in [-0.05, 0) is 126 Å². The molecule has 0 aliphatic rings. The van der Waals surface area contributed by atoms with Gasteiger partial charge in [0.1, 0.15) is 0 Å². The Morgan fingerprint density at radius 2 is 0.531 bits per heavy atom. The van der Waals surface area contributed by atoms with Gasteiger partial charge in [0.25, 0.3) is 0 Å². The van der Waals surface area contributed by atoms with Crippen LogP contribution in [0, 0.1) is 0 Å². The maximum atomic E-state index is 2.42. The first-order chi connectivity index (χ1) is 31.8. The fourth-order valence-corrected chi connectivity index (χ4v) is 10.2. The number of para-hydroxylation sites is 6. The van der Waals surface area contributed by atoms with Crippen LogP contribution in [0.5, 0.6) is 0 Å². The summed E-state index contributed by atoms with van der Waals surface area (Å²) >= 11 is 0. The van der Waals surface area contributed by atoms with Crippen LogP contribution in [0.4, 0.5) is 17.1 Å². The molecule has 0 aliphatic heterocycles. The Kier molecular flexibility index (Phi) is 8.18. The molecule has 0 saturated heterocycles. The van der Waals surface area contributed by atoms with E-state index in [0.717, 1.165) is 34.1 Å². The van der Waals surface area contributed by atoms with Gasteiger partial charge in [-0.15, -0.1) is 0 Å². The van der Waals surface area contributed by atoms with E-state index in [2.05, 4.69) is 261 Å². The number of hydrogen-bond donors (Lipinski definition) is 0. The summed E-state index contributed by atoms with van der Waals surface area (Å²) in [6.45, 7) is 0. The summed E-state index contributed by atoms with van der Waals surface area (Å²) in [5.74, 6) is 0. The molecule has 0 fully saturated rings. The van der Waals surface area contributed by atoms with E-state index < -0.39 is 0 Å². The molecule has 0 saturated carbocycles. The monoisotopic (exact) mass is 816 g/mol. The molecular formula is C60H40N4. The van der Waals surface area contributed by atoms with E-state index in [9.17, 15) is 0 Å². The van der Waals surface area contributed by atoms with Crippen LogP contribution >= 0.6 is 0 Å². The average molecular weight is 817 g/mol. The summed E-state index contributed by atoms with van der Waals surface area (Å²) in [4.78, 5) is 2.42. The molecule has 4 nitrogen and oxygen atoms in total. The highest BCUT2D eigenvalue weighted by molar-refractivity contribution is 6.13. The number of anilines is 3. The predicted octanol–water partition coefficient (Wildman–Crippen LogP) is 16.1. The van der Waals surface area contributed by atoms with Crippen molar-refractivity contribution in [1.82, 2.24) is 13.7 Å². The molecule has 0 aliphatic carbocycles. The van der Waals surface area contributed by atoms with Gasteiger partial charge in [0, 0.05) is 66.4 Å². The lowest BCUT2D eigenvalue weighted by molar-refractivity contribution is 1.18. The van der Waals surface area contributed by atoms with Crippen molar-refractivity contribution in [2.24, 2.45) is 0 Å². The second-order valence-corrected chi connectivity index (χ2v) is 16.6. The van der Waals surface area contributed by atoms with Crippen LogP contribution < -0.4 is 4.90 Å². The van der Waals surface area contributed by atoms with E-state index in [1.54, 1.807) is 0 Å². The lowest BCUT2D eigenvalue weighted by Crippen LogP contribution is -2.10. The summed E-state index contributed by atoms with van der Waals surface area (Å²) < 4.78 is 7.13. The molecule has 13 rings (SSSR count). The molecule has 3 aromatic heterocycles. The van der Waals surface area contributed by atoms with Gasteiger partial charge in [0.2, 0.25) is 0 Å². The van der Waals surface area contributed by atoms with E-state index in [-0.39, 0.29) is 0 Å². The van der Waals surface area contributed by atoms with Crippen LogP contribution in [0.15, 0.2) is 243 Å². The average Bonchev–Trinajstić information content (AvgIpc) is 4.00. The fourth-order valence-electron chi connectivity index (χ4n) is 10.2. The molecule has 0 radical (unpaired) electrons. The van der Waals surface area contributed by atoms with Crippen molar-refractivity contribution in [1.29, 1.82) is 0 Å². The summed E-state index contributed by atoms with van der Waals surface area (Å²) in [7, 11) is 0. The largest absolute Gasteiger partial charge is 0.310 e. The first kappa shape index (κ1) is 36.1. The van der Waals surface area contributed by atoms with Gasteiger partial charge in [-0.2, -0.15) is 0 Å². The van der Waals surface area contributed by atoms with Crippen molar-refractivity contribution in [3.05, 3.63) is 243 Å². The smallest absolute Gasteiger partial charge is 0.0542 e. The number of hydrogen-bond acceptors (Lipinski definition) is 1. The van der Waals surface area contributed by atoms with Gasteiger partial charge in [0.15, 0.2) is 0 Å². The minimum absolute atomic E-state index is 1.09. The highest BCUT2D eigenvalue weighted by Gasteiger charge is 2.20. The van der Waals surface area contributed by atoms with Crippen molar-refractivity contribution >= 4 is 82.5 Å². The van der Waals surface area contributed by atoms with E-state index in [4.69, 9.17) is 0 Å². The van der Waals surface area contributed by atoms with E-state index in [1.165, 1.54) is 76.5 Å². The Morgan fingerprint density at radius 3 is 0.953 bits per heavy atom. The van der Waals surface area contributed by atoms with Crippen LogP contribution in [0.3, 0.4) is 0 Å². The normalized spacial score (nSPS) is 11.8. The standard InChI is InChI=1S/C60H40N4/c1-4-16-43(17-5-1)62-55-25-13-10-22-49(55)52-38-42(30-35-58(52)62)41-28-31-46(32-29-41)61(47-33-36-59-53(39-47)50-23-11-14-26-56(50)63(59)44-18-6-2-7-19-44)48-34-37-60-54(40-48)51-24-12-15-27-57(51)64(60)45-20-8-3-9-21-45/h1-40H. The Hall–Kier alpha value is -8.60. The SMILES string of the molecule is c1ccc(-n2c3ccccc3c3cc(-c4ccc(N(c5ccc6c(c5)c5ccccc5n6-c5ccccc5)c5ccc6c(c5)c5ccccc5n6-c5ccccc5)cc4)ccc32)cc1. The van der Waals surface area contributed by atoms with E-state index in [1.807, 2.05) is 0 Å². The van der Waals surface area contributed by atoms with Crippen molar-refractivity contribution in [3.8, 4) is 28.2 Å². The van der Waals surface area contributed by atoms with Gasteiger partial charge in [0.05, 0.1) is 33.1 Å². The zero-order valence-corrected chi connectivity index (χ0v) is 34.9. The van der Waals surface area contributed by atoms with E-state index >= 15 is 0 Å². The third kappa shape index (κ3) is 5.63. The molecule has 0 bridgehead atoms. The quantitative estimate of drug-likeness (QED) is 0.157. The van der Waals surface area contributed by atoms with Crippen molar-refractivity contribution < 1.29 is 0 Å². The first-order valence-electron chi connectivity index (χ1n) is 21.9. The molecule has 0 N–H and O–H groups in total. The van der Waals surface area contributed by atoms with Gasteiger partial charge in [-0.1, -0.05) is 127 Å². The zero-order chi connectivity index (χ0) is 42.1. The second kappa shape index (κ2) is 14.5. The molecule has 10 aromatic carbocycles. The van der Waals surface area contributed by atoms with Crippen LogP contribution in [0.2, 0.25) is 0 Å². The highest BCUT2D eigenvalue weighted by atomic mass is 15.1. The summed E-state index contributed by atoms with van der Waals surface area (Å²) in [5.41, 5.74) is 16.2. The minimum atomic E-state index is 1.09. The van der Waals surface area contributed by atoms with Crippen LogP contribution in [0.1, 0.15) is 0 Å². The summed E-state index contributed by atoms with van der Waals surface area (Å²) in [6.07, 6.45) is 0. The lowest BCUT2D eigenvalue weighted by atomic mass is 10.0. The van der Waals surface area contributed by atoms with Crippen LogP contribution in [-0.2, 0) is 0 Å². The first-order valence-corrected chi connectivity index (χ1v) is 21.9. The van der Waals surface area contributed by atoms with Gasteiger partial charge >= 0.3 is 0 Å². The predicted molar refractivity (Wildman–Crippen MR) is 270 cm³/mol. The molecule has 13 aromatic rings. The Bertz CT molecular complexity index is 3720. The maximum absolute atomic E-state index is 2.42. The number of benzene rings is 10. The zero-order valence-electron chi connectivity index (χ0n) is 34.9. The minimum Gasteiger partial charge on any atom is -0.310 e. The van der Waals surface area contributed by atoms with Crippen LogP contribution in [0.25, 0.3) is 93.6 Å². The van der Waals surface area contributed by atoms with Gasteiger partial charge in [-0.3, -0.25) is 0 Å². The van der Waals surface area contributed by atoms with E-state index in [0.29, 0.717) is 0 Å². The Balaban J connectivity index is 0.988. The topological polar surface area (TPSA) is 18.0 Å². The van der Waals surface area contributed by atoms with Crippen molar-refractivity contribution in [2.75, 3.05) is 4.90 Å².